The Morgan fingerprint density at radius 2 is 2.05 bits per heavy atom. The number of rotatable bonds is 5. The molecular weight excluding hydrogens is 302 g/mol. The van der Waals surface area contributed by atoms with Crippen molar-refractivity contribution < 1.29 is 0 Å². The molecule has 1 heterocycles. The largest absolute Gasteiger partial charge is 0.295 e. The molecule has 108 valence electrons. The van der Waals surface area contributed by atoms with Gasteiger partial charge in [-0.05, 0) is 39.8 Å². The van der Waals surface area contributed by atoms with E-state index in [1.165, 1.54) is 37.8 Å². The zero-order chi connectivity index (χ0) is 13.9. The average Bonchev–Trinajstić information content (AvgIpc) is 2.88. The molecule has 1 aliphatic rings. The molecule has 0 radical (unpaired) electrons. The molecule has 19 heavy (non-hydrogen) atoms. The van der Waals surface area contributed by atoms with Crippen LogP contribution in [0.1, 0.15) is 57.7 Å². The summed E-state index contributed by atoms with van der Waals surface area (Å²) in [7, 11) is 2.17. The Kier molecular flexibility index (Phi) is 5.07. The highest BCUT2D eigenvalue weighted by molar-refractivity contribution is 9.09. The minimum atomic E-state index is 0.161. The third-order valence-electron chi connectivity index (χ3n) is 4.37. The Balaban J connectivity index is 1.97. The number of hydrogen-bond acceptors (Lipinski definition) is 2. The maximum atomic E-state index is 4.78. The van der Waals surface area contributed by atoms with Crippen LogP contribution in [0.4, 0.5) is 0 Å². The van der Waals surface area contributed by atoms with Gasteiger partial charge in [0.25, 0.3) is 0 Å². The minimum Gasteiger partial charge on any atom is -0.295 e. The molecule has 0 bridgehead atoms. The molecule has 0 unspecified atom stereocenters. The van der Waals surface area contributed by atoms with Crippen LogP contribution < -0.4 is 0 Å². The lowest BCUT2D eigenvalue weighted by Crippen LogP contribution is -2.42. The summed E-state index contributed by atoms with van der Waals surface area (Å²) in [6.45, 7) is 5.41. The molecule has 0 atom stereocenters. The van der Waals surface area contributed by atoms with E-state index in [9.17, 15) is 0 Å². The number of alkyl halides is 1. The van der Waals surface area contributed by atoms with E-state index in [-0.39, 0.29) is 5.54 Å². The van der Waals surface area contributed by atoms with Crippen LogP contribution in [0.25, 0.3) is 0 Å². The van der Waals surface area contributed by atoms with E-state index in [0.29, 0.717) is 6.04 Å². The van der Waals surface area contributed by atoms with Gasteiger partial charge in [0, 0.05) is 23.6 Å². The van der Waals surface area contributed by atoms with Gasteiger partial charge in [-0.15, -0.1) is 0 Å². The Morgan fingerprint density at radius 1 is 1.37 bits per heavy atom. The summed E-state index contributed by atoms with van der Waals surface area (Å²) < 4.78 is 2.20. The zero-order valence-electron chi connectivity index (χ0n) is 12.4. The maximum Gasteiger partial charge on any atom is 0.0764 e. The van der Waals surface area contributed by atoms with Gasteiger partial charge in [0.05, 0.1) is 11.7 Å². The molecule has 0 aromatic carbocycles. The highest BCUT2D eigenvalue weighted by Crippen LogP contribution is 2.27. The summed E-state index contributed by atoms with van der Waals surface area (Å²) in [6.07, 6.45) is 8.87. The van der Waals surface area contributed by atoms with Crippen molar-refractivity contribution in [3.63, 3.8) is 0 Å². The molecular formula is C15H26BrN3. The first kappa shape index (κ1) is 15.0. The molecule has 0 N–H and O–H groups in total. The predicted molar refractivity (Wildman–Crippen MR) is 83.7 cm³/mol. The molecule has 0 saturated heterocycles. The molecule has 0 amide bonds. The number of nitrogens with zero attached hydrogens (tertiary/aromatic N) is 3. The van der Waals surface area contributed by atoms with Gasteiger partial charge < -0.3 is 0 Å². The third kappa shape index (κ3) is 3.82. The lowest BCUT2D eigenvalue weighted by Gasteiger charge is -2.33. The van der Waals surface area contributed by atoms with Crippen LogP contribution in [0.15, 0.2) is 12.3 Å². The van der Waals surface area contributed by atoms with Gasteiger partial charge in [-0.2, -0.15) is 5.10 Å². The van der Waals surface area contributed by atoms with Crippen molar-refractivity contribution in [1.82, 2.24) is 14.7 Å². The fourth-order valence-corrected chi connectivity index (χ4v) is 3.00. The van der Waals surface area contributed by atoms with Gasteiger partial charge >= 0.3 is 0 Å². The van der Waals surface area contributed by atoms with Crippen LogP contribution in [0.3, 0.4) is 0 Å². The average molecular weight is 328 g/mol. The molecule has 3 nitrogen and oxygen atoms in total. The van der Waals surface area contributed by atoms with Gasteiger partial charge in [0.15, 0.2) is 0 Å². The Bertz CT molecular complexity index is 394. The molecule has 1 saturated carbocycles. The van der Waals surface area contributed by atoms with Crippen molar-refractivity contribution in [3.8, 4) is 0 Å². The molecule has 1 aromatic rings. The third-order valence-corrected chi connectivity index (χ3v) is 5.74. The molecule has 0 aliphatic heterocycles. The van der Waals surface area contributed by atoms with Gasteiger partial charge in [-0.1, -0.05) is 35.2 Å². The lowest BCUT2D eigenvalue weighted by atomic mass is 9.96. The summed E-state index contributed by atoms with van der Waals surface area (Å²) in [6, 6.07) is 2.81. The van der Waals surface area contributed by atoms with Crippen LogP contribution in [-0.4, -0.2) is 32.6 Å². The second-order valence-electron chi connectivity index (χ2n) is 6.38. The van der Waals surface area contributed by atoms with E-state index in [1.54, 1.807) is 0 Å². The Morgan fingerprint density at radius 3 is 2.68 bits per heavy atom. The smallest absolute Gasteiger partial charge is 0.0764 e. The number of hydrogen-bond donors (Lipinski definition) is 0. The van der Waals surface area contributed by atoms with E-state index in [0.717, 1.165) is 11.9 Å². The van der Waals surface area contributed by atoms with Crippen molar-refractivity contribution >= 4 is 15.9 Å². The normalized spacial score (nSPS) is 18.2. The monoisotopic (exact) mass is 327 g/mol. The van der Waals surface area contributed by atoms with E-state index >= 15 is 0 Å². The summed E-state index contributed by atoms with van der Waals surface area (Å²) in [5.74, 6) is 0. The standard InChI is InChI=1S/C15H26BrN3/c1-15(2,12-16)18(3)11-13-9-10-19(17-13)14-7-5-4-6-8-14/h9-10,14H,4-8,11-12H2,1-3H3. The first-order valence-electron chi connectivity index (χ1n) is 7.34. The van der Waals surface area contributed by atoms with Gasteiger partial charge in [-0.3, -0.25) is 9.58 Å². The number of halogens is 1. The second-order valence-corrected chi connectivity index (χ2v) is 6.94. The second kappa shape index (κ2) is 6.40. The molecule has 1 aliphatic carbocycles. The zero-order valence-corrected chi connectivity index (χ0v) is 14.0. The molecule has 2 rings (SSSR count). The van der Waals surface area contributed by atoms with Crippen molar-refractivity contribution in [1.29, 1.82) is 0 Å². The highest BCUT2D eigenvalue weighted by Gasteiger charge is 2.23. The summed E-state index contributed by atoms with van der Waals surface area (Å²) >= 11 is 3.59. The van der Waals surface area contributed by atoms with Gasteiger partial charge in [0.2, 0.25) is 0 Å². The fourth-order valence-electron chi connectivity index (χ4n) is 2.57. The van der Waals surface area contributed by atoms with Crippen LogP contribution in [0, 0.1) is 0 Å². The number of aromatic nitrogens is 2. The van der Waals surface area contributed by atoms with Crippen LogP contribution in [0.5, 0.6) is 0 Å². The first-order valence-corrected chi connectivity index (χ1v) is 8.46. The van der Waals surface area contributed by atoms with Crippen LogP contribution in [-0.2, 0) is 6.54 Å². The van der Waals surface area contributed by atoms with Gasteiger partial charge in [0.1, 0.15) is 0 Å². The van der Waals surface area contributed by atoms with Crippen molar-refractivity contribution in [2.75, 3.05) is 12.4 Å². The highest BCUT2D eigenvalue weighted by atomic mass is 79.9. The molecule has 1 aromatic heterocycles. The Labute approximate surface area is 125 Å². The maximum absolute atomic E-state index is 4.78. The molecule has 0 spiro atoms. The van der Waals surface area contributed by atoms with Crippen LogP contribution in [0.2, 0.25) is 0 Å². The lowest BCUT2D eigenvalue weighted by molar-refractivity contribution is 0.170. The van der Waals surface area contributed by atoms with Crippen molar-refractivity contribution in [2.45, 2.75) is 64.1 Å². The fraction of sp³-hybridized carbons (Fsp3) is 0.800. The minimum absolute atomic E-state index is 0.161. The topological polar surface area (TPSA) is 21.1 Å². The van der Waals surface area contributed by atoms with Gasteiger partial charge in [-0.25, -0.2) is 0 Å². The van der Waals surface area contributed by atoms with E-state index in [1.807, 2.05) is 0 Å². The van der Waals surface area contributed by atoms with E-state index < -0.39 is 0 Å². The quantitative estimate of drug-likeness (QED) is 0.762. The van der Waals surface area contributed by atoms with E-state index in [4.69, 9.17) is 5.10 Å². The van der Waals surface area contributed by atoms with E-state index in [2.05, 4.69) is 58.7 Å². The summed E-state index contributed by atoms with van der Waals surface area (Å²) in [5.41, 5.74) is 1.34. The summed E-state index contributed by atoms with van der Waals surface area (Å²) in [5, 5.41) is 5.75. The molecule has 1 fully saturated rings. The molecule has 4 heteroatoms. The predicted octanol–water partition coefficient (Wildman–Crippen LogP) is 3.99. The first-order chi connectivity index (χ1) is 9.03. The van der Waals surface area contributed by atoms with Crippen LogP contribution >= 0.6 is 15.9 Å². The van der Waals surface area contributed by atoms with Crippen molar-refractivity contribution in [3.05, 3.63) is 18.0 Å². The summed E-state index contributed by atoms with van der Waals surface area (Å²) in [4.78, 5) is 2.36. The SMILES string of the molecule is CN(Cc1ccn(C2CCCCC2)n1)C(C)(C)CBr. The van der Waals surface area contributed by atoms with Crippen molar-refractivity contribution in [2.24, 2.45) is 0 Å². The Hall–Kier alpha value is -0.350.